The van der Waals surface area contributed by atoms with Gasteiger partial charge in [0.05, 0.1) is 12.2 Å². The molecule has 1 amide bonds. The minimum absolute atomic E-state index is 0.125. The van der Waals surface area contributed by atoms with Crippen LogP contribution >= 0.6 is 11.3 Å². The third-order valence-corrected chi connectivity index (χ3v) is 4.69. The van der Waals surface area contributed by atoms with Crippen LogP contribution in [-0.4, -0.2) is 34.6 Å². The normalized spacial score (nSPS) is 13.2. The van der Waals surface area contributed by atoms with Crippen molar-refractivity contribution < 1.29 is 23.5 Å². The van der Waals surface area contributed by atoms with Gasteiger partial charge in [0.2, 0.25) is 5.91 Å². The molecule has 6 nitrogen and oxygen atoms in total. The fourth-order valence-corrected chi connectivity index (χ4v) is 2.99. The average Bonchev–Trinajstić information content (AvgIpc) is 3.05. The molecule has 0 bridgehead atoms. The molecule has 140 valence electrons. The van der Waals surface area contributed by atoms with E-state index in [2.05, 4.69) is 15.6 Å². The minimum Gasteiger partial charge on any atom is -0.480 e. The number of hydrogen-bond acceptors (Lipinski definition) is 5. The van der Waals surface area contributed by atoms with Crippen LogP contribution in [0.1, 0.15) is 20.3 Å². The highest BCUT2D eigenvalue weighted by atomic mass is 32.1. The highest BCUT2D eigenvalue weighted by Crippen LogP contribution is 2.26. The molecule has 0 aliphatic rings. The molecule has 0 radical (unpaired) electrons. The number of carbonyl (C=O) groups is 2. The van der Waals surface area contributed by atoms with Crippen molar-refractivity contribution in [2.75, 3.05) is 11.9 Å². The lowest BCUT2D eigenvalue weighted by molar-refractivity contribution is -0.140. The van der Waals surface area contributed by atoms with Crippen molar-refractivity contribution in [2.45, 2.75) is 26.3 Å². The summed E-state index contributed by atoms with van der Waals surface area (Å²) in [5, 5.41) is 16.3. The number of anilines is 1. The maximum atomic E-state index is 13.3. The Hall–Kier alpha value is -2.39. The molecular weight excluding hydrogens is 364 g/mol. The standard InChI is InChI=1S/C17H19F2N3O3S/c1-3-9(2)15(16(24)25)20-7-14(23)22-17-21-13(8-26-17)10-4-5-11(18)12(19)6-10/h4-6,8-9,15,20H,3,7H2,1-2H3,(H,24,25)(H,21,22,23)/t9-,15-/m0/s1. The van der Waals surface area contributed by atoms with Crippen LogP contribution in [0.2, 0.25) is 0 Å². The average molecular weight is 383 g/mol. The van der Waals surface area contributed by atoms with E-state index >= 15 is 0 Å². The summed E-state index contributed by atoms with van der Waals surface area (Å²) in [7, 11) is 0. The summed E-state index contributed by atoms with van der Waals surface area (Å²) in [6, 6.07) is 2.61. The van der Waals surface area contributed by atoms with Gasteiger partial charge in [0.1, 0.15) is 6.04 Å². The summed E-state index contributed by atoms with van der Waals surface area (Å²) in [6.45, 7) is 3.48. The van der Waals surface area contributed by atoms with Crippen LogP contribution < -0.4 is 10.6 Å². The lowest BCUT2D eigenvalue weighted by atomic mass is 9.99. The van der Waals surface area contributed by atoms with Crippen molar-refractivity contribution in [3.05, 3.63) is 35.2 Å². The molecule has 0 aliphatic heterocycles. The molecule has 1 aromatic heterocycles. The molecule has 3 N–H and O–H groups in total. The molecule has 2 aromatic rings. The molecule has 9 heteroatoms. The fourth-order valence-electron chi connectivity index (χ4n) is 2.25. The quantitative estimate of drug-likeness (QED) is 0.652. The van der Waals surface area contributed by atoms with Gasteiger partial charge in [-0.05, 0) is 24.1 Å². The molecule has 0 aliphatic carbocycles. The molecule has 0 saturated heterocycles. The van der Waals surface area contributed by atoms with Gasteiger partial charge in [-0.15, -0.1) is 11.3 Å². The zero-order chi connectivity index (χ0) is 19.3. The summed E-state index contributed by atoms with van der Waals surface area (Å²) >= 11 is 1.13. The van der Waals surface area contributed by atoms with Gasteiger partial charge in [-0.3, -0.25) is 14.9 Å². The Bertz CT molecular complexity index is 797. The second-order valence-corrected chi connectivity index (χ2v) is 6.66. The number of amides is 1. The Labute approximate surface area is 153 Å². The van der Waals surface area contributed by atoms with Gasteiger partial charge in [0, 0.05) is 10.9 Å². The van der Waals surface area contributed by atoms with E-state index in [0.717, 1.165) is 23.5 Å². The van der Waals surface area contributed by atoms with Crippen LogP contribution in [0.5, 0.6) is 0 Å². The van der Waals surface area contributed by atoms with E-state index in [1.54, 1.807) is 12.3 Å². The van der Waals surface area contributed by atoms with E-state index in [0.29, 0.717) is 17.7 Å². The Balaban J connectivity index is 1.96. The molecule has 2 rings (SSSR count). The van der Waals surface area contributed by atoms with E-state index in [1.165, 1.54) is 6.07 Å². The van der Waals surface area contributed by atoms with Gasteiger partial charge in [-0.25, -0.2) is 13.8 Å². The predicted molar refractivity (Wildman–Crippen MR) is 95.0 cm³/mol. The van der Waals surface area contributed by atoms with Crippen molar-refractivity contribution in [3.8, 4) is 11.3 Å². The van der Waals surface area contributed by atoms with Crippen molar-refractivity contribution in [1.82, 2.24) is 10.3 Å². The molecule has 1 aromatic carbocycles. The number of carbonyl (C=O) groups excluding carboxylic acids is 1. The van der Waals surface area contributed by atoms with Crippen molar-refractivity contribution >= 4 is 28.3 Å². The monoisotopic (exact) mass is 383 g/mol. The number of benzene rings is 1. The van der Waals surface area contributed by atoms with E-state index in [9.17, 15) is 23.5 Å². The van der Waals surface area contributed by atoms with Crippen LogP contribution in [0.4, 0.5) is 13.9 Å². The van der Waals surface area contributed by atoms with E-state index in [1.807, 2.05) is 6.92 Å². The first-order valence-corrected chi connectivity index (χ1v) is 8.86. The molecule has 0 unspecified atom stereocenters. The first-order valence-electron chi connectivity index (χ1n) is 7.98. The van der Waals surface area contributed by atoms with Gasteiger partial charge in [0.25, 0.3) is 0 Å². The smallest absolute Gasteiger partial charge is 0.320 e. The Morgan fingerprint density at radius 2 is 2.04 bits per heavy atom. The molecule has 0 saturated carbocycles. The van der Waals surface area contributed by atoms with E-state index < -0.39 is 29.6 Å². The number of aromatic nitrogens is 1. The number of aliphatic carboxylic acids is 1. The second kappa shape index (κ2) is 8.81. The lowest BCUT2D eigenvalue weighted by Crippen LogP contribution is -2.45. The maximum absolute atomic E-state index is 13.3. The summed E-state index contributed by atoms with van der Waals surface area (Å²) in [5.41, 5.74) is 0.793. The fraction of sp³-hybridized carbons (Fsp3) is 0.353. The number of thiazole rings is 1. The maximum Gasteiger partial charge on any atom is 0.320 e. The van der Waals surface area contributed by atoms with E-state index in [4.69, 9.17) is 0 Å². The number of halogens is 2. The molecule has 0 spiro atoms. The summed E-state index contributed by atoms with van der Waals surface area (Å²) < 4.78 is 26.3. The number of nitrogens with zero attached hydrogens (tertiary/aromatic N) is 1. The highest BCUT2D eigenvalue weighted by molar-refractivity contribution is 7.14. The van der Waals surface area contributed by atoms with Gasteiger partial charge in [-0.1, -0.05) is 20.3 Å². The highest BCUT2D eigenvalue weighted by Gasteiger charge is 2.23. The van der Waals surface area contributed by atoms with Crippen molar-refractivity contribution in [1.29, 1.82) is 0 Å². The number of carboxylic acids is 1. The molecular formula is C17H19F2N3O3S. The molecule has 1 heterocycles. The van der Waals surface area contributed by atoms with Gasteiger partial charge >= 0.3 is 5.97 Å². The van der Waals surface area contributed by atoms with Crippen LogP contribution in [0.25, 0.3) is 11.3 Å². The van der Waals surface area contributed by atoms with Gasteiger partial charge < -0.3 is 10.4 Å². The first-order chi connectivity index (χ1) is 12.3. The molecule has 0 fully saturated rings. The number of rotatable bonds is 8. The number of nitrogens with one attached hydrogen (secondary N) is 2. The third-order valence-electron chi connectivity index (χ3n) is 3.93. The topological polar surface area (TPSA) is 91.3 Å². The number of carboxylic acid groups (broad SMARTS) is 1. The van der Waals surface area contributed by atoms with Gasteiger partial charge in [0.15, 0.2) is 16.8 Å². The van der Waals surface area contributed by atoms with Crippen LogP contribution in [0.3, 0.4) is 0 Å². The largest absolute Gasteiger partial charge is 0.480 e. The Kier molecular flexibility index (Phi) is 6.76. The third kappa shape index (κ3) is 5.06. The van der Waals surface area contributed by atoms with Crippen molar-refractivity contribution in [2.24, 2.45) is 5.92 Å². The van der Waals surface area contributed by atoms with Crippen molar-refractivity contribution in [3.63, 3.8) is 0 Å². The first kappa shape index (κ1) is 19.9. The summed E-state index contributed by atoms with van der Waals surface area (Å²) in [5.74, 6) is -3.50. The van der Waals surface area contributed by atoms with Crippen LogP contribution in [0.15, 0.2) is 23.6 Å². The van der Waals surface area contributed by atoms with Gasteiger partial charge in [-0.2, -0.15) is 0 Å². The van der Waals surface area contributed by atoms with Crippen LogP contribution in [0, 0.1) is 17.6 Å². The zero-order valence-corrected chi connectivity index (χ0v) is 15.1. The Morgan fingerprint density at radius 1 is 1.31 bits per heavy atom. The Morgan fingerprint density at radius 3 is 2.65 bits per heavy atom. The SMILES string of the molecule is CC[C@H](C)[C@H](NCC(=O)Nc1nc(-c2ccc(F)c(F)c2)cs1)C(=O)O. The minimum atomic E-state index is -1.01. The predicted octanol–water partition coefficient (Wildman–Crippen LogP) is 3.12. The molecule has 26 heavy (non-hydrogen) atoms. The van der Waals surface area contributed by atoms with E-state index in [-0.39, 0.29) is 17.6 Å². The second-order valence-electron chi connectivity index (χ2n) is 5.80. The number of hydrogen-bond donors (Lipinski definition) is 3. The summed E-state index contributed by atoms with van der Waals surface area (Å²) in [4.78, 5) is 27.4. The zero-order valence-electron chi connectivity index (χ0n) is 14.3. The summed E-state index contributed by atoms with van der Waals surface area (Å²) in [6.07, 6.45) is 0.662. The molecule has 2 atom stereocenters. The van der Waals surface area contributed by atoms with Crippen LogP contribution in [-0.2, 0) is 9.59 Å². The lowest BCUT2D eigenvalue weighted by Gasteiger charge is -2.19.